The third-order valence-electron chi connectivity index (χ3n) is 4.12. The molecule has 0 atom stereocenters. The van der Waals surface area contributed by atoms with Crippen LogP contribution >= 0.6 is 0 Å². The Morgan fingerprint density at radius 2 is 1.95 bits per heavy atom. The fourth-order valence-electron chi connectivity index (χ4n) is 2.84. The number of sulfonamides is 1. The Labute approximate surface area is 128 Å². The van der Waals surface area contributed by atoms with Crippen LogP contribution in [-0.2, 0) is 14.8 Å². The van der Waals surface area contributed by atoms with E-state index < -0.39 is 21.7 Å². The number of alkyl carbamates (subject to hydrolysis) is 1. The lowest BCUT2D eigenvalue weighted by Crippen LogP contribution is -2.48. The smallest absolute Gasteiger partial charge is 0.407 e. The van der Waals surface area contributed by atoms with Gasteiger partial charge in [-0.3, -0.25) is 0 Å². The first-order valence-electron chi connectivity index (χ1n) is 6.93. The molecule has 0 aromatic heterocycles. The molecule has 0 aliphatic carbocycles. The van der Waals surface area contributed by atoms with Crippen LogP contribution in [0.1, 0.15) is 18.4 Å². The molecule has 2 aliphatic heterocycles. The first-order valence-corrected chi connectivity index (χ1v) is 8.37. The maximum Gasteiger partial charge on any atom is 0.407 e. The molecule has 22 heavy (non-hydrogen) atoms. The van der Waals surface area contributed by atoms with Crippen LogP contribution in [0.4, 0.5) is 4.79 Å². The maximum absolute atomic E-state index is 12.7. The molecule has 1 amide bonds. The average Bonchev–Trinajstić information content (AvgIpc) is 2.88. The highest BCUT2D eigenvalue weighted by molar-refractivity contribution is 7.89. The number of piperidine rings is 1. The summed E-state index contributed by atoms with van der Waals surface area (Å²) in [5, 5.41) is 11.7. The number of benzene rings is 1. The molecule has 2 aliphatic rings. The van der Waals surface area contributed by atoms with Crippen molar-refractivity contribution < 1.29 is 17.9 Å². The quantitative estimate of drug-likeness (QED) is 0.869. The summed E-state index contributed by atoms with van der Waals surface area (Å²) >= 11 is 0. The fraction of sp³-hybridized carbons (Fsp3) is 0.429. The van der Waals surface area contributed by atoms with Gasteiger partial charge in [-0.15, -0.1) is 0 Å². The molecule has 1 spiro atoms. The number of carbonyl (C=O) groups excluding carboxylic acids is 1. The van der Waals surface area contributed by atoms with E-state index in [9.17, 15) is 13.2 Å². The van der Waals surface area contributed by atoms with Crippen LogP contribution < -0.4 is 5.32 Å². The second kappa shape index (κ2) is 5.26. The molecule has 0 radical (unpaired) electrons. The van der Waals surface area contributed by atoms with E-state index in [0.717, 1.165) is 0 Å². The van der Waals surface area contributed by atoms with E-state index in [0.29, 0.717) is 19.4 Å². The summed E-state index contributed by atoms with van der Waals surface area (Å²) in [7, 11) is -3.71. The predicted octanol–water partition coefficient (Wildman–Crippen LogP) is 0.821. The van der Waals surface area contributed by atoms with Gasteiger partial charge < -0.3 is 10.1 Å². The van der Waals surface area contributed by atoms with Crippen LogP contribution in [-0.4, -0.2) is 44.1 Å². The Hall–Kier alpha value is -2.11. The molecule has 1 N–H and O–H groups in total. The molecule has 0 saturated carbocycles. The van der Waals surface area contributed by atoms with Gasteiger partial charge >= 0.3 is 6.09 Å². The predicted molar refractivity (Wildman–Crippen MR) is 76.4 cm³/mol. The number of nitrogens with one attached hydrogen (secondary N) is 1. The van der Waals surface area contributed by atoms with Crippen LogP contribution in [0.2, 0.25) is 0 Å². The van der Waals surface area contributed by atoms with E-state index in [1.807, 2.05) is 6.07 Å². The van der Waals surface area contributed by atoms with Crippen molar-refractivity contribution in [2.45, 2.75) is 23.3 Å². The summed E-state index contributed by atoms with van der Waals surface area (Å²) in [6.07, 6.45) is 0.436. The molecule has 1 aromatic carbocycles. The lowest BCUT2D eigenvalue weighted by molar-refractivity contribution is 0.0173. The number of amides is 1. The molecule has 116 valence electrons. The first-order chi connectivity index (χ1) is 10.5. The van der Waals surface area contributed by atoms with Gasteiger partial charge in [-0.05, 0) is 12.1 Å². The van der Waals surface area contributed by atoms with Crippen molar-refractivity contribution >= 4 is 16.1 Å². The zero-order valence-electron chi connectivity index (χ0n) is 11.8. The van der Waals surface area contributed by atoms with Crippen molar-refractivity contribution in [3.05, 3.63) is 29.8 Å². The number of rotatable bonds is 2. The summed E-state index contributed by atoms with van der Waals surface area (Å²) in [4.78, 5) is 11.2. The SMILES string of the molecule is N#Cc1ccccc1S(=O)(=O)N1CCC2(CC1)CNC(=O)O2. The van der Waals surface area contributed by atoms with Crippen LogP contribution in [0.3, 0.4) is 0 Å². The molecule has 2 saturated heterocycles. The van der Waals surface area contributed by atoms with Crippen molar-refractivity contribution in [3.63, 3.8) is 0 Å². The second-order valence-electron chi connectivity index (χ2n) is 5.44. The third kappa shape index (κ3) is 2.42. The molecule has 8 heteroatoms. The molecule has 1 aromatic rings. The minimum Gasteiger partial charge on any atom is -0.441 e. The fourth-order valence-corrected chi connectivity index (χ4v) is 4.42. The first kappa shape index (κ1) is 14.8. The maximum atomic E-state index is 12.7. The minimum absolute atomic E-state index is 0.0231. The highest BCUT2D eigenvalue weighted by atomic mass is 32.2. The van der Waals surface area contributed by atoms with E-state index in [-0.39, 0.29) is 23.5 Å². The largest absolute Gasteiger partial charge is 0.441 e. The van der Waals surface area contributed by atoms with E-state index in [1.165, 1.54) is 16.4 Å². The van der Waals surface area contributed by atoms with Crippen molar-refractivity contribution in [1.82, 2.24) is 9.62 Å². The Morgan fingerprint density at radius 1 is 1.27 bits per heavy atom. The van der Waals surface area contributed by atoms with E-state index >= 15 is 0 Å². The number of carbonyl (C=O) groups is 1. The number of hydrogen-bond acceptors (Lipinski definition) is 5. The van der Waals surface area contributed by atoms with E-state index in [1.54, 1.807) is 12.1 Å². The van der Waals surface area contributed by atoms with Gasteiger partial charge in [0.15, 0.2) is 0 Å². The molecule has 3 rings (SSSR count). The summed E-state index contributed by atoms with van der Waals surface area (Å²) in [6.45, 7) is 0.933. The van der Waals surface area contributed by atoms with Gasteiger partial charge in [-0.2, -0.15) is 9.57 Å². The lowest BCUT2D eigenvalue weighted by Gasteiger charge is -2.36. The van der Waals surface area contributed by atoms with Crippen LogP contribution in [0.5, 0.6) is 0 Å². The third-order valence-corrected chi connectivity index (χ3v) is 6.08. The summed E-state index contributed by atoms with van der Waals surface area (Å²) in [5.74, 6) is 0. The summed E-state index contributed by atoms with van der Waals surface area (Å²) in [6, 6.07) is 8.07. The van der Waals surface area contributed by atoms with E-state index in [4.69, 9.17) is 10.00 Å². The van der Waals surface area contributed by atoms with Gasteiger partial charge in [-0.25, -0.2) is 13.2 Å². The molecule has 2 heterocycles. The van der Waals surface area contributed by atoms with Gasteiger partial charge in [-0.1, -0.05) is 12.1 Å². The molecular formula is C14H15N3O4S. The van der Waals surface area contributed by atoms with Crippen LogP contribution in [0.15, 0.2) is 29.2 Å². The van der Waals surface area contributed by atoms with E-state index in [2.05, 4.69) is 5.32 Å². The monoisotopic (exact) mass is 321 g/mol. The van der Waals surface area contributed by atoms with Crippen LogP contribution in [0, 0.1) is 11.3 Å². The molecule has 0 unspecified atom stereocenters. The lowest BCUT2D eigenvalue weighted by atomic mass is 9.93. The zero-order valence-corrected chi connectivity index (χ0v) is 12.6. The van der Waals surface area contributed by atoms with Crippen molar-refractivity contribution in [2.24, 2.45) is 0 Å². The Morgan fingerprint density at radius 3 is 2.55 bits per heavy atom. The van der Waals surface area contributed by atoms with Crippen LogP contribution in [0.25, 0.3) is 0 Å². The Balaban J connectivity index is 1.81. The topological polar surface area (TPSA) is 99.5 Å². The summed E-state index contributed by atoms with van der Waals surface area (Å²) < 4.78 is 32.0. The van der Waals surface area contributed by atoms with Gasteiger partial charge in [0.2, 0.25) is 10.0 Å². The molecule has 7 nitrogen and oxygen atoms in total. The van der Waals surface area contributed by atoms with Gasteiger partial charge in [0.25, 0.3) is 0 Å². The standard InChI is InChI=1S/C14H15N3O4S/c15-9-11-3-1-2-4-12(11)22(19,20)17-7-5-14(6-8-17)10-16-13(18)21-14/h1-4H,5-8,10H2,(H,16,18). The number of ether oxygens (including phenoxy) is 1. The highest BCUT2D eigenvalue weighted by Gasteiger charge is 2.45. The molecular weight excluding hydrogens is 306 g/mol. The zero-order chi connectivity index (χ0) is 15.8. The average molecular weight is 321 g/mol. The van der Waals surface area contributed by atoms with Crippen molar-refractivity contribution in [2.75, 3.05) is 19.6 Å². The Kier molecular flexibility index (Phi) is 3.54. The minimum atomic E-state index is -3.71. The Bertz CT molecular complexity index is 746. The van der Waals surface area contributed by atoms with Gasteiger partial charge in [0.1, 0.15) is 11.7 Å². The number of hydrogen-bond donors (Lipinski definition) is 1. The highest BCUT2D eigenvalue weighted by Crippen LogP contribution is 2.32. The van der Waals surface area contributed by atoms with Crippen molar-refractivity contribution in [3.8, 4) is 6.07 Å². The van der Waals surface area contributed by atoms with Crippen molar-refractivity contribution in [1.29, 1.82) is 5.26 Å². The normalized spacial score (nSPS) is 21.1. The molecule has 2 fully saturated rings. The second-order valence-corrected chi connectivity index (χ2v) is 7.34. The summed E-state index contributed by atoms with van der Waals surface area (Å²) in [5.41, 5.74) is -0.463. The molecule has 0 bridgehead atoms. The number of nitrogens with zero attached hydrogens (tertiary/aromatic N) is 2. The van der Waals surface area contributed by atoms with Gasteiger partial charge in [0.05, 0.1) is 17.0 Å². The van der Waals surface area contributed by atoms with Gasteiger partial charge in [0, 0.05) is 25.9 Å². The number of nitriles is 1.